The minimum atomic E-state index is -0.0390. The number of carbonyl (C=O) groups is 1. The van der Waals surface area contributed by atoms with E-state index in [1.54, 1.807) is 12.1 Å². The SMILES string of the molecule is CCN(C(=O)NCc1ccc(Cl)c(Cl)c1)C1CN(Cc2ccccc2)C1. The molecule has 6 heteroatoms. The van der Waals surface area contributed by atoms with Gasteiger partial charge in [-0.2, -0.15) is 0 Å². The summed E-state index contributed by atoms with van der Waals surface area (Å²) in [6.07, 6.45) is 0. The Balaban J connectivity index is 1.48. The first-order valence-electron chi connectivity index (χ1n) is 8.81. The largest absolute Gasteiger partial charge is 0.334 e. The fourth-order valence-corrected chi connectivity index (χ4v) is 3.53. The molecule has 0 atom stereocenters. The normalized spacial score (nSPS) is 14.7. The molecule has 0 unspecified atom stereocenters. The highest BCUT2D eigenvalue weighted by Crippen LogP contribution is 2.23. The van der Waals surface area contributed by atoms with Gasteiger partial charge in [0.1, 0.15) is 0 Å². The van der Waals surface area contributed by atoms with Gasteiger partial charge in [0.15, 0.2) is 0 Å². The molecule has 1 fully saturated rings. The second-order valence-corrected chi connectivity index (χ2v) is 7.34. The molecular weight excluding hydrogens is 369 g/mol. The van der Waals surface area contributed by atoms with E-state index in [9.17, 15) is 4.79 Å². The Bertz CT molecular complexity index is 748. The topological polar surface area (TPSA) is 35.6 Å². The van der Waals surface area contributed by atoms with Crippen LogP contribution in [0.2, 0.25) is 10.0 Å². The van der Waals surface area contributed by atoms with Gasteiger partial charge in [-0.15, -0.1) is 0 Å². The zero-order valence-electron chi connectivity index (χ0n) is 14.8. The van der Waals surface area contributed by atoms with E-state index in [1.165, 1.54) is 5.56 Å². The van der Waals surface area contributed by atoms with E-state index in [0.717, 1.165) is 25.2 Å². The number of hydrogen-bond donors (Lipinski definition) is 1. The summed E-state index contributed by atoms with van der Waals surface area (Å²) in [5, 5.41) is 4.00. The van der Waals surface area contributed by atoms with E-state index >= 15 is 0 Å². The Hall–Kier alpha value is -1.75. The molecule has 0 aromatic heterocycles. The number of nitrogens with one attached hydrogen (secondary N) is 1. The zero-order chi connectivity index (χ0) is 18.5. The third-order valence-corrected chi connectivity index (χ3v) is 5.40. The highest BCUT2D eigenvalue weighted by molar-refractivity contribution is 6.42. The van der Waals surface area contributed by atoms with Gasteiger partial charge in [-0.25, -0.2) is 4.79 Å². The average molecular weight is 392 g/mol. The number of carbonyl (C=O) groups excluding carboxylic acids is 1. The summed E-state index contributed by atoms with van der Waals surface area (Å²) >= 11 is 11.9. The van der Waals surface area contributed by atoms with E-state index in [-0.39, 0.29) is 12.1 Å². The van der Waals surface area contributed by atoms with Crippen molar-refractivity contribution in [2.24, 2.45) is 0 Å². The molecule has 1 aliphatic heterocycles. The van der Waals surface area contributed by atoms with Crippen LogP contribution in [0.5, 0.6) is 0 Å². The third kappa shape index (κ3) is 4.70. The lowest BCUT2D eigenvalue weighted by molar-refractivity contribution is 0.0504. The molecule has 1 saturated heterocycles. The zero-order valence-corrected chi connectivity index (χ0v) is 16.3. The lowest BCUT2D eigenvalue weighted by Crippen LogP contribution is -2.61. The Kier molecular flexibility index (Phi) is 6.41. The molecule has 2 amide bonds. The summed E-state index contributed by atoms with van der Waals surface area (Å²) < 4.78 is 0. The summed E-state index contributed by atoms with van der Waals surface area (Å²) in [6, 6.07) is 16.0. The van der Waals surface area contributed by atoms with E-state index in [4.69, 9.17) is 23.2 Å². The van der Waals surface area contributed by atoms with Crippen molar-refractivity contribution < 1.29 is 4.79 Å². The second-order valence-electron chi connectivity index (χ2n) is 6.53. The number of hydrogen-bond acceptors (Lipinski definition) is 2. The van der Waals surface area contributed by atoms with Crippen LogP contribution in [0.1, 0.15) is 18.1 Å². The molecular formula is C20H23Cl2N3O. The van der Waals surface area contributed by atoms with Gasteiger partial charge in [0.2, 0.25) is 0 Å². The number of rotatable bonds is 6. The van der Waals surface area contributed by atoms with Crippen LogP contribution in [0, 0.1) is 0 Å². The first kappa shape index (κ1) is 19.0. The molecule has 26 heavy (non-hydrogen) atoms. The van der Waals surface area contributed by atoms with Gasteiger partial charge in [0.05, 0.1) is 16.1 Å². The van der Waals surface area contributed by atoms with Gasteiger partial charge in [-0.05, 0) is 30.2 Å². The van der Waals surface area contributed by atoms with Gasteiger partial charge in [-0.1, -0.05) is 59.6 Å². The van der Waals surface area contributed by atoms with Gasteiger partial charge < -0.3 is 10.2 Å². The molecule has 4 nitrogen and oxygen atoms in total. The van der Waals surface area contributed by atoms with Crippen LogP contribution >= 0.6 is 23.2 Å². The summed E-state index contributed by atoms with van der Waals surface area (Å²) in [6.45, 7) is 5.88. The molecule has 3 rings (SSSR count). The lowest BCUT2D eigenvalue weighted by Gasteiger charge is -2.45. The smallest absolute Gasteiger partial charge is 0.317 e. The van der Waals surface area contributed by atoms with Crippen molar-refractivity contribution >= 4 is 29.2 Å². The highest BCUT2D eigenvalue weighted by atomic mass is 35.5. The molecule has 1 N–H and O–H groups in total. The van der Waals surface area contributed by atoms with Gasteiger partial charge in [0, 0.05) is 32.7 Å². The minimum absolute atomic E-state index is 0.0390. The maximum atomic E-state index is 12.5. The molecule has 0 aliphatic carbocycles. The molecule has 1 aliphatic rings. The van der Waals surface area contributed by atoms with Crippen LogP contribution in [-0.2, 0) is 13.1 Å². The number of benzene rings is 2. The van der Waals surface area contributed by atoms with Crippen LogP contribution < -0.4 is 5.32 Å². The molecule has 2 aromatic rings. The first-order valence-corrected chi connectivity index (χ1v) is 9.57. The van der Waals surface area contributed by atoms with Crippen molar-refractivity contribution in [2.45, 2.75) is 26.1 Å². The molecule has 0 saturated carbocycles. The Labute approximate surface area is 164 Å². The van der Waals surface area contributed by atoms with Gasteiger partial charge in [0.25, 0.3) is 0 Å². The number of likely N-dealkylation sites (tertiary alicyclic amines) is 1. The van der Waals surface area contributed by atoms with E-state index in [2.05, 4.69) is 34.5 Å². The standard InChI is InChI=1S/C20H23Cl2N3O/c1-2-25(17-13-24(14-17)12-15-6-4-3-5-7-15)20(26)23-11-16-8-9-18(21)19(22)10-16/h3-10,17H,2,11-14H2,1H3,(H,23,26). The fourth-order valence-electron chi connectivity index (χ4n) is 3.21. The lowest BCUT2D eigenvalue weighted by atomic mass is 10.1. The molecule has 0 bridgehead atoms. The Morgan fingerprint density at radius 2 is 1.85 bits per heavy atom. The number of halogens is 2. The van der Waals surface area contributed by atoms with Crippen LogP contribution in [0.25, 0.3) is 0 Å². The fraction of sp³-hybridized carbons (Fsp3) is 0.350. The maximum absolute atomic E-state index is 12.5. The van der Waals surface area contributed by atoms with E-state index in [0.29, 0.717) is 23.1 Å². The summed E-state index contributed by atoms with van der Waals surface area (Å²) in [5.74, 6) is 0. The number of nitrogens with zero attached hydrogens (tertiary/aromatic N) is 2. The maximum Gasteiger partial charge on any atom is 0.317 e. The molecule has 0 spiro atoms. The summed E-state index contributed by atoms with van der Waals surface area (Å²) in [5.41, 5.74) is 2.24. The summed E-state index contributed by atoms with van der Waals surface area (Å²) in [7, 11) is 0. The molecule has 138 valence electrons. The average Bonchev–Trinajstić information content (AvgIpc) is 2.62. The van der Waals surface area contributed by atoms with Gasteiger partial charge >= 0.3 is 6.03 Å². The third-order valence-electron chi connectivity index (χ3n) is 4.66. The van der Waals surface area contributed by atoms with Crippen molar-refractivity contribution in [1.82, 2.24) is 15.1 Å². The van der Waals surface area contributed by atoms with Crippen LogP contribution in [0.15, 0.2) is 48.5 Å². The van der Waals surface area contributed by atoms with Crippen molar-refractivity contribution in [3.63, 3.8) is 0 Å². The van der Waals surface area contributed by atoms with Crippen molar-refractivity contribution in [3.8, 4) is 0 Å². The minimum Gasteiger partial charge on any atom is -0.334 e. The second kappa shape index (κ2) is 8.76. The quantitative estimate of drug-likeness (QED) is 0.791. The van der Waals surface area contributed by atoms with E-state index < -0.39 is 0 Å². The Morgan fingerprint density at radius 3 is 2.50 bits per heavy atom. The van der Waals surface area contributed by atoms with Crippen LogP contribution in [0.4, 0.5) is 4.79 Å². The number of amides is 2. The Morgan fingerprint density at radius 1 is 1.12 bits per heavy atom. The number of likely N-dealkylation sites (N-methyl/N-ethyl adjacent to an activating group) is 1. The predicted octanol–water partition coefficient (Wildman–Crippen LogP) is 4.41. The number of urea groups is 1. The highest BCUT2D eigenvalue weighted by Gasteiger charge is 2.33. The van der Waals surface area contributed by atoms with Crippen molar-refractivity contribution in [3.05, 3.63) is 69.7 Å². The van der Waals surface area contributed by atoms with Crippen molar-refractivity contribution in [1.29, 1.82) is 0 Å². The molecule has 2 aromatic carbocycles. The van der Waals surface area contributed by atoms with E-state index in [1.807, 2.05) is 24.0 Å². The molecule has 1 heterocycles. The van der Waals surface area contributed by atoms with Crippen LogP contribution in [-0.4, -0.2) is 41.5 Å². The monoisotopic (exact) mass is 391 g/mol. The summed E-state index contributed by atoms with van der Waals surface area (Å²) in [4.78, 5) is 16.8. The van der Waals surface area contributed by atoms with Gasteiger partial charge in [-0.3, -0.25) is 4.90 Å². The molecule has 0 radical (unpaired) electrons. The first-order chi connectivity index (χ1) is 12.6. The van der Waals surface area contributed by atoms with Crippen LogP contribution in [0.3, 0.4) is 0 Å². The predicted molar refractivity (Wildman–Crippen MR) is 107 cm³/mol. The van der Waals surface area contributed by atoms with Crippen molar-refractivity contribution in [2.75, 3.05) is 19.6 Å².